The molecule has 0 heterocycles. The highest BCUT2D eigenvalue weighted by atomic mass is 32.2. The molecule has 2 aromatic carbocycles. The van der Waals surface area contributed by atoms with Crippen LogP contribution in [0.5, 0.6) is 5.75 Å². The average molecular weight is 427 g/mol. The fourth-order valence-electron chi connectivity index (χ4n) is 2.79. The number of rotatable bonds is 8. The number of hydrogen-bond donors (Lipinski definition) is 0. The molecule has 7 nitrogen and oxygen atoms in total. The SMILES string of the molecule is CCN(CC)S(=O)(=O)c1ccc(OC)c(N(C)S(=O)(=O)c2ccc(C)cc2)c1. The number of methoxy groups -OCH3 is 1. The first-order valence-electron chi connectivity index (χ1n) is 8.83. The van der Waals surface area contributed by atoms with Crippen molar-refractivity contribution in [3.05, 3.63) is 48.0 Å². The Hall–Kier alpha value is -2.10. The molecular weight excluding hydrogens is 400 g/mol. The minimum atomic E-state index is -3.89. The largest absolute Gasteiger partial charge is 0.495 e. The van der Waals surface area contributed by atoms with E-state index in [1.165, 1.54) is 48.8 Å². The van der Waals surface area contributed by atoms with Gasteiger partial charge in [-0.15, -0.1) is 0 Å². The maximum Gasteiger partial charge on any atom is 0.264 e. The summed E-state index contributed by atoms with van der Waals surface area (Å²) in [5.74, 6) is 0.261. The fraction of sp³-hybridized carbons (Fsp3) is 0.368. The summed E-state index contributed by atoms with van der Waals surface area (Å²) in [5.41, 5.74) is 1.09. The summed E-state index contributed by atoms with van der Waals surface area (Å²) in [5, 5.41) is 0. The Kier molecular flexibility index (Phi) is 6.74. The summed E-state index contributed by atoms with van der Waals surface area (Å²) in [4.78, 5) is 0.123. The van der Waals surface area contributed by atoms with Crippen molar-refractivity contribution < 1.29 is 21.6 Å². The zero-order valence-electron chi connectivity index (χ0n) is 16.7. The minimum Gasteiger partial charge on any atom is -0.495 e. The molecular formula is C19H26N2O5S2. The van der Waals surface area contributed by atoms with E-state index in [0.29, 0.717) is 13.1 Å². The second-order valence-corrected chi connectivity index (χ2v) is 10.1. The minimum absolute atomic E-state index is 0.0120. The maximum atomic E-state index is 13.0. The highest BCUT2D eigenvalue weighted by Gasteiger charge is 2.27. The van der Waals surface area contributed by atoms with Gasteiger partial charge in [0.2, 0.25) is 10.0 Å². The van der Waals surface area contributed by atoms with Crippen molar-refractivity contribution in [3.8, 4) is 5.75 Å². The zero-order chi connectivity index (χ0) is 21.1. The molecule has 2 aromatic rings. The van der Waals surface area contributed by atoms with Gasteiger partial charge in [0.1, 0.15) is 5.75 Å². The summed E-state index contributed by atoms with van der Waals surface area (Å²) in [6.45, 7) is 6.00. The Labute approximate surface area is 167 Å². The van der Waals surface area contributed by atoms with E-state index in [2.05, 4.69) is 0 Å². The van der Waals surface area contributed by atoms with Gasteiger partial charge in [-0.25, -0.2) is 16.8 Å². The van der Waals surface area contributed by atoms with Gasteiger partial charge in [0.25, 0.3) is 10.0 Å². The molecule has 0 spiro atoms. The first kappa shape index (κ1) is 22.2. The monoisotopic (exact) mass is 426 g/mol. The molecule has 0 radical (unpaired) electrons. The molecule has 0 unspecified atom stereocenters. The molecule has 28 heavy (non-hydrogen) atoms. The molecule has 0 aromatic heterocycles. The molecule has 9 heteroatoms. The summed E-state index contributed by atoms with van der Waals surface area (Å²) in [6, 6.07) is 10.7. The van der Waals surface area contributed by atoms with E-state index in [9.17, 15) is 16.8 Å². The van der Waals surface area contributed by atoms with Gasteiger partial charge >= 0.3 is 0 Å². The quantitative estimate of drug-likeness (QED) is 0.648. The van der Waals surface area contributed by atoms with Crippen molar-refractivity contribution in [3.63, 3.8) is 0 Å². The number of benzene rings is 2. The third kappa shape index (κ3) is 4.16. The first-order chi connectivity index (χ1) is 13.1. The van der Waals surface area contributed by atoms with Crippen molar-refractivity contribution in [2.75, 3.05) is 31.6 Å². The molecule has 0 atom stereocenters. The molecule has 0 saturated heterocycles. The van der Waals surface area contributed by atoms with Gasteiger partial charge in [-0.1, -0.05) is 31.5 Å². The lowest BCUT2D eigenvalue weighted by Gasteiger charge is -2.24. The Morgan fingerprint density at radius 3 is 1.89 bits per heavy atom. The van der Waals surface area contributed by atoms with Crippen molar-refractivity contribution in [1.82, 2.24) is 4.31 Å². The van der Waals surface area contributed by atoms with Crippen molar-refractivity contribution in [1.29, 1.82) is 0 Å². The van der Waals surface area contributed by atoms with Crippen LogP contribution in [0.1, 0.15) is 19.4 Å². The lowest BCUT2D eigenvalue weighted by atomic mass is 10.2. The standard InChI is InChI=1S/C19H26N2O5S2/c1-6-21(7-2)28(24,25)17-12-13-19(26-5)18(14-17)20(4)27(22,23)16-10-8-15(3)9-11-16/h8-14H,6-7H2,1-5H3. The Bertz CT molecular complexity index is 1030. The molecule has 0 amide bonds. The normalized spacial score (nSPS) is 12.2. The first-order valence-corrected chi connectivity index (χ1v) is 11.7. The third-order valence-corrected chi connectivity index (χ3v) is 8.34. The van der Waals surface area contributed by atoms with Gasteiger partial charge in [-0.2, -0.15) is 4.31 Å². The Morgan fingerprint density at radius 1 is 0.857 bits per heavy atom. The van der Waals surface area contributed by atoms with Crippen molar-refractivity contribution >= 4 is 25.7 Å². The van der Waals surface area contributed by atoms with Gasteiger partial charge in [0, 0.05) is 20.1 Å². The Balaban J connectivity index is 2.59. The molecule has 0 bridgehead atoms. The number of sulfonamides is 2. The lowest BCUT2D eigenvalue weighted by molar-refractivity contribution is 0.415. The number of hydrogen-bond acceptors (Lipinski definition) is 5. The summed E-state index contributed by atoms with van der Waals surface area (Å²) in [7, 11) is -4.85. The molecule has 0 fully saturated rings. The number of aryl methyl sites for hydroxylation is 1. The van der Waals surface area contributed by atoms with E-state index in [-0.39, 0.29) is 21.2 Å². The van der Waals surface area contributed by atoms with Crippen LogP contribution in [0.4, 0.5) is 5.69 Å². The predicted octanol–water partition coefficient (Wildman–Crippen LogP) is 2.86. The zero-order valence-corrected chi connectivity index (χ0v) is 18.3. The maximum absolute atomic E-state index is 13.0. The van der Waals surface area contributed by atoms with Gasteiger partial charge < -0.3 is 4.74 Å². The van der Waals surface area contributed by atoms with Crippen LogP contribution >= 0.6 is 0 Å². The van der Waals surface area contributed by atoms with E-state index in [1.807, 2.05) is 6.92 Å². The van der Waals surface area contributed by atoms with Gasteiger partial charge in [-0.05, 0) is 37.3 Å². The van der Waals surface area contributed by atoms with E-state index in [0.717, 1.165) is 9.87 Å². The van der Waals surface area contributed by atoms with E-state index < -0.39 is 20.0 Å². The van der Waals surface area contributed by atoms with Crippen LogP contribution in [0.3, 0.4) is 0 Å². The third-order valence-electron chi connectivity index (χ3n) is 4.51. The smallest absolute Gasteiger partial charge is 0.264 e. The van der Waals surface area contributed by atoms with Crippen molar-refractivity contribution in [2.45, 2.75) is 30.6 Å². The average Bonchev–Trinajstić information content (AvgIpc) is 2.67. The van der Waals surface area contributed by atoms with Crippen LogP contribution in [0.15, 0.2) is 52.3 Å². The summed E-state index contributed by atoms with van der Waals surface area (Å²) < 4.78 is 59.4. The predicted molar refractivity (Wildman–Crippen MR) is 110 cm³/mol. The molecule has 0 aliphatic carbocycles. The van der Waals surface area contributed by atoms with E-state index in [4.69, 9.17) is 4.74 Å². The second kappa shape index (κ2) is 8.50. The van der Waals surface area contributed by atoms with Crippen molar-refractivity contribution in [2.24, 2.45) is 0 Å². The molecule has 154 valence electrons. The van der Waals surface area contributed by atoms with Crippen LogP contribution in [0, 0.1) is 6.92 Å². The van der Waals surface area contributed by atoms with Gasteiger partial charge in [-0.3, -0.25) is 4.31 Å². The van der Waals surface area contributed by atoms with Gasteiger partial charge in [0.15, 0.2) is 0 Å². The number of nitrogens with zero attached hydrogens (tertiary/aromatic N) is 2. The van der Waals surface area contributed by atoms with Gasteiger partial charge in [0.05, 0.1) is 22.6 Å². The van der Waals surface area contributed by atoms with Crippen LogP contribution in [0.2, 0.25) is 0 Å². The molecule has 0 aliphatic rings. The summed E-state index contributed by atoms with van der Waals surface area (Å²) in [6.07, 6.45) is 0. The topological polar surface area (TPSA) is 84.0 Å². The van der Waals surface area contributed by atoms with Crippen LogP contribution in [-0.4, -0.2) is 48.4 Å². The highest BCUT2D eigenvalue weighted by molar-refractivity contribution is 7.92. The van der Waals surface area contributed by atoms with E-state index in [1.54, 1.807) is 26.0 Å². The lowest BCUT2D eigenvalue weighted by Crippen LogP contribution is -2.31. The number of anilines is 1. The van der Waals surface area contributed by atoms with Crippen LogP contribution < -0.4 is 9.04 Å². The molecule has 2 rings (SSSR count). The number of ether oxygens (including phenoxy) is 1. The van der Waals surface area contributed by atoms with Crippen LogP contribution in [0.25, 0.3) is 0 Å². The fourth-order valence-corrected chi connectivity index (χ4v) is 5.46. The van der Waals surface area contributed by atoms with E-state index >= 15 is 0 Å². The Morgan fingerprint density at radius 2 is 1.39 bits per heavy atom. The second-order valence-electron chi connectivity index (χ2n) is 6.21. The summed E-state index contributed by atoms with van der Waals surface area (Å²) >= 11 is 0. The molecule has 0 aliphatic heterocycles. The highest BCUT2D eigenvalue weighted by Crippen LogP contribution is 2.34. The van der Waals surface area contributed by atoms with Crippen LogP contribution in [-0.2, 0) is 20.0 Å². The molecule has 0 N–H and O–H groups in total. The molecule has 0 saturated carbocycles.